The van der Waals surface area contributed by atoms with E-state index in [0.717, 1.165) is 4.31 Å². The first-order chi connectivity index (χ1) is 9.96. The quantitative estimate of drug-likeness (QED) is 0.874. The van der Waals surface area contributed by atoms with Crippen molar-refractivity contribution in [1.29, 1.82) is 0 Å². The van der Waals surface area contributed by atoms with Crippen molar-refractivity contribution < 1.29 is 23.1 Å². The van der Waals surface area contributed by atoms with Gasteiger partial charge in [-0.25, -0.2) is 13.4 Å². The van der Waals surface area contributed by atoms with Crippen molar-refractivity contribution in [3.05, 3.63) is 18.3 Å². The Morgan fingerprint density at radius 1 is 1.48 bits per heavy atom. The van der Waals surface area contributed by atoms with E-state index in [9.17, 15) is 18.3 Å². The van der Waals surface area contributed by atoms with Gasteiger partial charge >= 0.3 is 5.97 Å². The Kier molecular flexibility index (Phi) is 4.79. The van der Waals surface area contributed by atoms with E-state index in [1.165, 1.54) is 18.3 Å². The average Bonchev–Trinajstić information content (AvgIpc) is 2.48. The molecule has 0 bridgehead atoms. The van der Waals surface area contributed by atoms with Gasteiger partial charge in [0.2, 0.25) is 15.9 Å². The molecule has 1 fully saturated rings. The topological polar surface area (TPSA) is 96.8 Å². The molecule has 1 aliphatic heterocycles. The fourth-order valence-corrected chi connectivity index (χ4v) is 3.92. The number of rotatable bonds is 5. The Bertz CT molecular complexity index is 599. The van der Waals surface area contributed by atoms with E-state index in [2.05, 4.69) is 4.98 Å². The number of hydrogen-bond donors (Lipinski definition) is 1. The third kappa shape index (κ3) is 3.33. The molecule has 1 aliphatic rings. The predicted octanol–water partition coefficient (Wildman–Crippen LogP) is 1.11. The minimum Gasteiger partial charge on any atom is -0.480 e. The summed E-state index contributed by atoms with van der Waals surface area (Å²) in [5, 5.41) is 9.19. The van der Waals surface area contributed by atoms with E-state index < -0.39 is 22.0 Å². The number of sulfonamides is 1. The smallest absolute Gasteiger partial charge is 0.322 e. The van der Waals surface area contributed by atoms with Crippen molar-refractivity contribution in [2.24, 2.45) is 0 Å². The minimum absolute atomic E-state index is 0.0147. The van der Waals surface area contributed by atoms with Crippen molar-refractivity contribution in [3.63, 3.8) is 0 Å². The normalized spacial score (nSPS) is 20.1. The lowest BCUT2D eigenvalue weighted by atomic mass is 10.1. The van der Waals surface area contributed by atoms with Gasteiger partial charge in [0, 0.05) is 12.6 Å². The molecule has 1 aromatic rings. The number of nitrogens with zero attached hydrogens (tertiary/aromatic N) is 2. The van der Waals surface area contributed by atoms with Gasteiger partial charge in [-0.05, 0) is 32.3 Å². The Morgan fingerprint density at radius 2 is 2.24 bits per heavy atom. The lowest BCUT2D eigenvalue weighted by molar-refractivity contribution is -0.142. The maximum absolute atomic E-state index is 12.6. The van der Waals surface area contributed by atoms with Crippen LogP contribution in [0, 0.1) is 0 Å². The molecule has 1 N–H and O–H groups in total. The number of aromatic nitrogens is 1. The maximum Gasteiger partial charge on any atom is 0.322 e. The van der Waals surface area contributed by atoms with E-state index >= 15 is 0 Å². The fourth-order valence-electron chi connectivity index (χ4n) is 2.33. The Labute approximate surface area is 123 Å². The van der Waals surface area contributed by atoms with Crippen molar-refractivity contribution in [2.45, 2.75) is 37.1 Å². The Morgan fingerprint density at radius 3 is 2.81 bits per heavy atom. The van der Waals surface area contributed by atoms with Crippen LogP contribution in [0.5, 0.6) is 5.88 Å². The molecule has 1 atom stereocenters. The van der Waals surface area contributed by atoms with Gasteiger partial charge in [0.15, 0.2) is 0 Å². The SMILES string of the molecule is CCOc1ccc(S(=O)(=O)N2CCCCC2C(=O)O)cn1. The predicted molar refractivity (Wildman–Crippen MR) is 74.6 cm³/mol. The summed E-state index contributed by atoms with van der Waals surface area (Å²) in [4.78, 5) is 15.1. The van der Waals surface area contributed by atoms with Crippen LogP contribution in [-0.4, -0.2) is 48.0 Å². The van der Waals surface area contributed by atoms with Crippen LogP contribution in [0.15, 0.2) is 23.2 Å². The first kappa shape index (κ1) is 15.7. The number of carboxylic acid groups (broad SMARTS) is 1. The monoisotopic (exact) mass is 314 g/mol. The summed E-state index contributed by atoms with van der Waals surface area (Å²) in [7, 11) is -3.85. The van der Waals surface area contributed by atoms with Gasteiger partial charge in [0.25, 0.3) is 0 Å². The summed E-state index contributed by atoms with van der Waals surface area (Å²) in [6.07, 6.45) is 2.91. The van der Waals surface area contributed by atoms with Crippen molar-refractivity contribution >= 4 is 16.0 Å². The Hall–Kier alpha value is -1.67. The van der Waals surface area contributed by atoms with Crippen LogP contribution in [0.2, 0.25) is 0 Å². The maximum atomic E-state index is 12.6. The molecule has 0 aliphatic carbocycles. The number of carboxylic acids is 1. The molecule has 0 aromatic carbocycles. The van der Waals surface area contributed by atoms with Crippen LogP contribution in [-0.2, 0) is 14.8 Å². The summed E-state index contributed by atoms with van der Waals surface area (Å²) in [5.74, 6) is -0.776. The van der Waals surface area contributed by atoms with E-state index in [0.29, 0.717) is 31.7 Å². The van der Waals surface area contributed by atoms with Crippen LogP contribution in [0.1, 0.15) is 26.2 Å². The summed E-state index contributed by atoms with van der Waals surface area (Å²) in [5.41, 5.74) is 0. The molecule has 2 heterocycles. The molecular weight excluding hydrogens is 296 g/mol. The Balaban J connectivity index is 2.29. The van der Waals surface area contributed by atoms with Crippen LogP contribution < -0.4 is 4.74 Å². The molecule has 21 heavy (non-hydrogen) atoms. The fraction of sp³-hybridized carbons (Fsp3) is 0.538. The zero-order valence-corrected chi connectivity index (χ0v) is 12.5. The minimum atomic E-state index is -3.85. The van der Waals surface area contributed by atoms with Gasteiger partial charge in [-0.15, -0.1) is 0 Å². The molecule has 0 amide bonds. The molecular formula is C13H18N2O5S. The highest BCUT2D eigenvalue weighted by atomic mass is 32.2. The van der Waals surface area contributed by atoms with Crippen LogP contribution >= 0.6 is 0 Å². The molecule has 0 spiro atoms. The second-order valence-corrected chi connectivity index (χ2v) is 6.62. The first-order valence-corrected chi connectivity index (χ1v) is 8.24. The summed E-state index contributed by atoms with van der Waals surface area (Å²) >= 11 is 0. The molecule has 1 unspecified atom stereocenters. The largest absolute Gasteiger partial charge is 0.480 e. The zero-order valence-electron chi connectivity index (χ0n) is 11.7. The molecule has 1 aromatic heterocycles. The van der Waals surface area contributed by atoms with Gasteiger partial charge in [-0.2, -0.15) is 4.31 Å². The van der Waals surface area contributed by atoms with Gasteiger partial charge in [-0.1, -0.05) is 0 Å². The lowest BCUT2D eigenvalue weighted by Crippen LogP contribution is -2.47. The van der Waals surface area contributed by atoms with Gasteiger partial charge in [0.1, 0.15) is 10.9 Å². The second-order valence-electron chi connectivity index (χ2n) is 4.73. The number of ether oxygens (including phenoxy) is 1. The highest BCUT2D eigenvalue weighted by molar-refractivity contribution is 7.89. The molecule has 7 nitrogen and oxygen atoms in total. The molecule has 2 rings (SSSR count). The third-order valence-electron chi connectivity index (χ3n) is 3.35. The molecule has 0 radical (unpaired) electrons. The number of aliphatic carboxylic acids is 1. The van der Waals surface area contributed by atoms with E-state index in [1.807, 2.05) is 0 Å². The lowest BCUT2D eigenvalue weighted by Gasteiger charge is -2.31. The third-order valence-corrected chi connectivity index (χ3v) is 5.24. The summed E-state index contributed by atoms with van der Waals surface area (Å²) < 4.78 is 31.3. The number of pyridine rings is 1. The highest BCUT2D eigenvalue weighted by Crippen LogP contribution is 2.25. The number of carbonyl (C=O) groups is 1. The summed E-state index contributed by atoms with van der Waals surface area (Å²) in [6.45, 7) is 2.45. The molecule has 8 heteroatoms. The standard InChI is InChI=1S/C13H18N2O5S/c1-2-20-12-7-6-10(9-14-12)21(18,19)15-8-4-3-5-11(15)13(16)17/h6-7,9,11H,2-5,8H2,1H3,(H,16,17). The van der Waals surface area contributed by atoms with E-state index in [1.54, 1.807) is 6.92 Å². The first-order valence-electron chi connectivity index (χ1n) is 6.80. The molecule has 0 saturated carbocycles. The van der Waals surface area contributed by atoms with Gasteiger partial charge in [0.05, 0.1) is 12.8 Å². The number of piperidine rings is 1. The second kappa shape index (κ2) is 6.40. The van der Waals surface area contributed by atoms with Crippen molar-refractivity contribution in [1.82, 2.24) is 9.29 Å². The van der Waals surface area contributed by atoms with Crippen molar-refractivity contribution in [2.75, 3.05) is 13.2 Å². The van der Waals surface area contributed by atoms with Gasteiger partial charge in [-0.3, -0.25) is 4.79 Å². The van der Waals surface area contributed by atoms with Crippen LogP contribution in [0.3, 0.4) is 0 Å². The summed E-state index contributed by atoms with van der Waals surface area (Å²) in [6, 6.07) is 1.85. The van der Waals surface area contributed by atoms with Crippen LogP contribution in [0.25, 0.3) is 0 Å². The van der Waals surface area contributed by atoms with Crippen LogP contribution in [0.4, 0.5) is 0 Å². The number of hydrogen-bond acceptors (Lipinski definition) is 5. The molecule has 116 valence electrons. The van der Waals surface area contributed by atoms with E-state index in [-0.39, 0.29) is 11.4 Å². The molecule has 1 saturated heterocycles. The van der Waals surface area contributed by atoms with Crippen molar-refractivity contribution in [3.8, 4) is 5.88 Å². The zero-order chi connectivity index (χ0) is 15.5. The van der Waals surface area contributed by atoms with Gasteiger partial charge < -0.3 is 9.84 Å². The van der Waals surface area contributed by atoms with E-state index in [4.69, 9.17) is 4.74 Å². The average molecular weight is 314 g/mol. The highest BCUT2D eigenvalue weighted by Gasteiger charge is 2.37.